The number of amides is 1. The zero-order valence-corrected chi connectivity index (χ0v) is 24.0. The molecule has 1 aliphatic heterocycles. The smallest absolute Gasteiger partial charge is 0.331 e. The lowest BCUT2D eigenvalue weighted by molar-refractivity contribution is -0.148. The van der Waals surface area contributed by atoms with Gasteiger partial charge in [-0.05, 0) is 51.8 Å². The molecule has 2 N–H and O–H groups in total. The van der Waals surface area contributed by atoms with Gasteiger partial charge in [0.05, 0.1) is 17.4 Å². The summed E-state index contributed by atoms with van der Waals surface area (Å²) in [5.74, 6) is -0.614. The minimum Gasteiger partial charge on any atom is -0.457 e. The van der Waals surface area contributed by atoms with Crippen molar-refractivity contribution in [2.75, 3.05) is 23.3 Å². The number of thiazole rings is 1. The number of anilines is 2. The zero-order valence-electron chi connectivity index (χ0n) is 23.1. The summed E-state index contributed by atoms with van der Waals surface area (Å²) >= 11 is 1.35. The maximum absolute atomic E-state index is 13.6. The topological polar surface area (TPSA) is 126 Å². The van der Waals surface area contributed by atoms with Gasteiger partial charge >= 0.3 is 5.97 Å². The van der Waals surface area contributed by atoms with E-state index in [1.807, 2.05) is 10.3 Å². The van der Waals surface area contributed by atoms with Gasteiger partial charge in [0, 0.05) is 41.7 Å². The molecule has 1 amide bonds. The standard InChI is InChI=1S/C28H35N5O5S/c1-27(2,3)20-16-39-26(29-20)31-24(36)17-11-13-33-21(14-17)30-23(32-12-7-8-18(34)15-32)19(25(33)37)9-10-22(35)38-28(4,5)6/h9-11,13-14,16,18,34H,7-8,12,15H2,1-6H3,(H,29,31,36)/t18-/m1/s1. The summed E-state index contributed by atoms with van der Waals surface area (Å²) in [5.41, 5.74) is 0.444. The molecule has 3 aromatic rings. The molecule has 0 unspecified atom stereocenters. The van der Waals surface area contributed by atoms with Gasteiger partial charge < -0.3 is 14.7 Å². The molecule has 11 heteroatoms. The second-order valence-corrected chi connectivity index (χ2v) is 12.5. The van der Waals surface area contributed by atoms with E-state index in [9.17, 15) is 19.5 Å². The van der Waals surface area contributed by atoms with E-state index >= 15 is 0 Å². The molecule has 0 saturated carbocycles. The van der Waals surface area contributed by atoms with Gasteiger partial charge in [-0.1, -0.05) is 20.8 Å². The van der Waals surface area contributed by atoms with E-state index < -0.39 is 23.2 Å². The Morgan fingerprint density at radius 3 is 2.59 bits per heavy atom. The highest BCUT2D eigenvalue weighted by Gasteiger charge is 2.24. The number of pyridine rings is 1. The first-order valence-corrected chi connectivity index (χ1v) is 13.8. The summed E-state index contributed by atoms with van der Waals surface area (Å²) in [6.07, 6.45) is 4.93. The SMILES string of the molecule is CC(C)(C)OC(=O)C=Cc1c(N2CCC[C@@H](O)C2)nc2cc(C(=O)Nc3nc(C(C)(C)C)cs3)ccn2c1=O. The first-order chi connectivity index (χ1) is 18.2. The molecule has 1 atom stereocenters. The first kappa shape index (κ1) is 28.4. The quantitative estimate of drug-likeness (QED) is 0.359. The Labute approximate surface area is 231 Å². The number of piperidine rings is 1. The lowest BCUT2D eigenvalue weighted by atomic mass is 9.93. The van der Waals surface area contributed by atoms with E-state index in [0.717, 1.165) is 12.1 Å². The van der Waals surface area contributed by atoms with Crippen LogP contribution < -0.4 is 15.8 Å². The van der Waals surface area contributed by atoms with Crippen molar-refractivity contribution in [2.24, 2.45) is 0 Å². The van der Waals surface area contributed by atoms with Gasteiger partial charge in [0.15, 0.2) is 5.13 Å². The van der Waals surface area contributed by atoms with Crippen LogP contribution in [0, 0.1) is 0 Å². The van der Waals surface area contributed by atoms with Gasteiger partial charge in [0.25, 0.3) is 11.5 Å². The highest BCUT2D eigenvalue weighted by molar-refractivity contribution is 7.14. The fourth-order valence-corrected chi connectivity index (χ4v) is 5.08. The van der Waals surface area contributed by atoms with Gasteiger partial charge in [-0.3, -0.25) is 19.3 Å². The Bertz CT molecular complexity index is 1480. The molecule has 10 nitrogen and oxygen atoms in total. The van der Waals surface area contributed by atoms with E-state index in [1.54, 1.807) is 26.8 Å². The number of ether oxygens (including phenoxy) is 1. The Morgan fingerprint density at radius 2 is 1.95 bits per heavy atom. The minimum absolute atomic E-state index is 0.137. The monoisotopic (exact) mass is 553 g/mol. The number of hydrogen-bond donors (Lipinski definition) is 2. The number of β-amino-alcohol motifs (C(OH)–C–C–N with tert-alkyl or cyclic N) is 1. The predicted octanol–water partition coefficient (Wildman–Crippen LogP) is 4.02. The summed E-state index contributed by atoms with van der Waals surface area (Å²) in [6.45, 7) is 12.3. The molecular formula is C28H35N5O5S. The molecule has 1 aliphatic rings. The molecule has 0 spiro atoms. The normalized spacial score (nSPS) is 16.6. The first-order valence-electron chi connectivity index (χ1n) is 12.9. The molecule has 4 rings (SSSR count). The van der Waals surface area contributed by atoms with Crippen molar-refractivity contribution in [3.05, 3.63) is 57.0 Å². The highest BCUT2D eigenvalue weighted by atomic mass is 32.1. The Hall–Kier alpha value is -3.57. The third-order valence-electron chi connectivity index (χ3n) is 6.09. The molecule has 1 saturated heterocycles. The fourth-order valence-electron chi connectivity index (χ4n) is 4.15. The van der Waals surface area contributed by atoms with Crippen molar-refractivity contribution in [1.29, 1.82) is 0 Å². The van der Waals surface area contributed by atoms with Crippen LogP contribution in [-0.4, -0.2) is 56.1 Å². The van der Waals surface area contributed by atoms with Crippen LogP contribution in [0.1, 0.15) is 76.0 Å². The number of hydrogen-bond acceptors (Lipinski definition) is 9. The Morgan fingerprint density at radius 1 is 1.21 bits per heavy atom. The largest absolute Gasteiger partial charge is 0.457 e. The number of carbonyl (C=O) groups is 2. The van der Waals surface area contributed by atoms with E-state index in [1.165, 1.54) is 40.2 Å². The molecule has 0 radical (unpaired) electrons. The van der Waals surface area contributed by atoms with Gasteiger partial charge in [0.2, 0.25) is 0 Å². The van der Waals surface area contributed by atoms with E-state index in [0.29, 0.717) is 36.0 Å². The summed E-state index contributed by atoms with van der Waals surface area (Å²) in [6, 6.07) is 3.08. The molecule has 0 aromatic carbocycles. The van der Waals surface area contributed by atoms with Crippen LogP contribution in [0.15, 0.2) is 34.6 Å². The lowest BCUT2D eigenvalue weighted by Crippen LogP contribution is -2.40. The Kier molecular flexibility index (Phi) is 7.94. The van der Waals surface area contributed by atoms with Gasteiger partial charge in [-0.15, -0.1) is 11.3 Å². The van der Waals surface area contributed by atoms with Crippen molar-refractivity contribution >= 4 is 45.9 Å². The van der Waals surface area contributed by atoms with Crippen LogP contribution in [0.5, 0.6) is 0 Å². The average Bonchev–Trinajstić information content (AvgIpc) is 3.31. The van der Waals surface area contributed by atoms with Crippen LogP contribution >= 0.6 is 11.3 Å². The van der Waals surface area contributed by atoms with Crippen LogP contribution in [-0.2, 0) is 14.9 Å². The maximum atomic E-state index is 13.6. The third-order valence-corrected chi connectivity index (χ3v) is 6.85. The van der Waals surface area contributed by atoms with Crippen LogP contribution in [0.3, 0.4) is 0 Å². The number of carbonyl (C=O) groups excluding carboxylic acids is 2. The number of rotatable bonds is 5. The van der Waals surface area contributed by atoms with E-state index in [2.05, 4.69) is 31.1 Å². The molecule has 0 bridgehead atoms. The number of aliphatic hydroxyl groups is 1. The number of nitrogens with one attached hydrogen (secondary N) is 1. The van der Waals surface area contributed by atoms with Crippen LogP contribution in [0.2, 0.25) is 0 Å². The summed E-state index contributed by atoms with van der Waals surface area (Å²) in [5, 5.41) is 15.5. The second kappa shape index (κ2) is 10.9. The summed E-state index contributed by atoms with van der Waals surface area (Å²) < 4.78 is 6.67. The molecule has 4 heterocycles. The number of aliphatic hydroxyl groups excluding tert-OH is 1. The predicted molar refractivity (Wildman–Crippen MR) is 153 cm³/mol. The second-order valence-electron chi connectivity index (χ2n) is 11.6. The number of esters is 1. The number of fused-ring (bicyclic) bond motifs is 1. The van der Waals surface area contributed by atoms with Crippen LogP contribution in [0.25, 0.3) is 11.7 Å². The van der Waals surface area contributed by atoms with Gasteiger partial charge in [-0.25, -0.2) is 14.8 Å². The van der Waals surface area contributed by atoms with E-state index in [-0.39, 0.29) is 22.5 Å². The third kappa shape index (κ3) is 6.90. The molecular weight excluding hydrogens is 518 g/mol. The van der Waals surface area contributed by atoms with Crippen LogP contribution in [0.4, 0.5) is 10.9 Å². The number of nitrogens with zero attached hydrogens (tertiary/aromatic N) is 4. The van der Waals surface area contributed by atoms with Gasteiger partial charge in [-0.2, -0.15) is 0 Å². The zero-order chi connectivity index (χ0) is 28.5. The highest BCUT2D eigenvalue weighted by Crippen LogP contribution is 2.27. The fraction of sp³-hybridized carbons (Fsp3) is 0.464. The average molecular weight is 554 g/mol. The Balaban J connectivity index is 1.71. The summed E-state index contributed by atoms with van der Waals surface area (Å²) in [4.78, 5) is 50.0. The molecule has 39 heavy (non-hydrogen) atoms. The van der Waals surface area contributed by atoms with Gasteiger partial charge in [0.1, 0.15) is 17.1 Å². The van der Waals surface area contributed by atoms with Crippen molar-refractivity contribution in [3.8, 4) is 0 Å². The molecule has 208 valence electrons. The minimum atomic E-state index is -0.679. The number of aromatic nitrogens is 3. The van der Waals surface area contributed by atoms with Crippen molar-refractivity contribution in [1.82, 2.24) is 14.4 Å². The van der Waals surface area contributed by atoms with Crippen molar-refractivity contribution in [3.63, 3.8) is 0 Å². The molecule has 1 fully saturated rings. The van der Waals surface area contributed by atoms with Crippen molar-refractivity contribution < 1.29 is 19.4 Å². The molecule has 0 aliphatic carbocycles. The van der Waals surface area contributed by atoms with Crippen molar-refractivity contribution in [2.45, 2.75) is 71.5 Å². The summed E-state index contributed by atoms with van der Waals surface area (Å²) in [7, 11) is 0. The van der Waals surface area contributed by atoms with E-state index in [4.69, 9.17) is 9.72 Å². The molecule has 3 aromatic heterocycles. The lowest BCUT2D eigenvalue weighted by Gasteiger charge is -2.32. The maximum Gasteiger partial charge on any atom is 0.331 e.